The molecule has 1 saturated heterocycles. The predicted octanol–water partition coefficient (Wildman–Crippen LogP) is -3.90. The zero-order valence-electron chi connectivity index (χ0n) is 19.1. The SMILES string of the molecule is NCC(=O)N1CCCC1C(=O)NC(CCCN=C(N)N)C(=O)NC(CCCN=C(N)N)C(=O)O. The van der Waals surface area contributed by atoms with Gasteiger partial charge in [0, 0.05) is 19.6 Å². The van der Waals surface area contributed by atoms with Crippen LogP contribution in [-0.4, -0.2) is 89.9 Å². The minimum absolute atomic E-state index is 0.0773. The van der Waals surface area contributed by atoms with Gasteiger partial charge >= 0.3 is 5.97 Å². The Kier molecular flexibility index (Phi) is 12.1. The van der Waals surface area contributed by atoms with E-state index in [4.69, 9.17) is 28.7 Å². The summed E-state index contributed by atoms with van der Waals surface area (Å²) in [4.78, 5) is 58.4. The monoisotopic (exact) mass is 484 g/mol. The van der Waals surface area contributed by atoms with Crippen molar-refractivity contribution in [2.24, 2.45) is 38.7 Å². The van der Waals surface area contributed by atoms with Crippen LogP contribution in [0.15, 0.2) is 9.98 Å². The van der Waals surface area contributed by atoms with Crippen LogP contribution >= 0.6 is 0 Å². The number of nitrogens with zero attached hydrogens (tertiary/aromatic N) is 3. The largest absolute Gasteiger partial charge is 0.480 e. The lowest BCUT2D eigenvalue weighted by Gasteiger charge is -2.26. The minimum Gasteiger partial charge on any atom is -0.480 e. The molecule has 0 aromatic heterocycles. The number of aliphatic imine (C=N–C) groups is 2. The average Bonchev–Trinajstić information content (AvgIpc) is 3.26. The fourth-order valence-corrected chi connectivity index (χ4v) is 3.53. The van der Waals surface area contributed by atoms with Crippen LogP contribution in [0.25, 0.3) is 0 Å². The summed E-state index contributed by atoms with van der Waals surface area (Å²) < 4.78 is 0. The van der Waals surface area contributed by atoms with Crippen molar-refractivity contribution in [3.8, 4) is 0 Å². The van der Waals surface area contributed by atoms with E-state index in [2.05, 4.69) is 20.6 Å². The molecule has 15 heteroatoms. The van der Waals surface area contributed by atoms with E-state index in [-0.39, 0.29) is 50.3 Å². The van der Waals surface area contributed by atoms with Gasteiger partial charge in [-0.2, -0.15) is 0 Å². The third-order valence-corrected chi connectivity index (χ3v) is 5.19. The van der Waals surface area contributed by atoms with Gasteiger partial charge in [0.15, 0.2) is 11.9 Å². The Morgan fingerprint density at radius 1 is 0.941 bits per heavy atom. The number of rotatable bonds is 14. The Balaban J connectivity index is 2.87. The first-order chi connectivity index (χ1) is 16.1. The highest BCUT2D eigenvalue weighted by molar-refractivity contribution is 5.93. The van der Waals surface area contributed by atoms with Crippen molar-refractivity contribution >= 4 is 35.6 Å². The van der Waals surface area contributed by atoms with Crippen molar-refractivity contribution in [3.05, 3.63) is 0 Å². The summed E-state index contributed by atoms with van der Waals surface area (Å²) in [5.41, 5.74) is 26.5. The Labute approximate surface area is 197 Å². The third-order valence-electron chi connectivity index (χ3n) is 5.19. The molecule has 1 heterocycles. The second-order valence-corrected chi connectivity index (χ2v) is 7.81. The number of amides is 3. The Bertz CT molecular complexity index is 779. The highest BCUT2D eigenvalue weighted by Crippen LogP contribution is 2.18. The van der Waals surface area contributed by atoms with E-state index < -0.39 is 35.9 Å². The summed E-state index contributed by atoms with van der Waals surface area (Å²) in [5.74, 6) is -3.02. The second-order valence-electron chi connectivity index (χ2n) is 7.81. The van der Waals surface area contributed by atoms with Crippen molar-refractivity contribution in [2.45, 2.75) is 56.7 Å². The molecule has 192 valence electrons. The number of guanidine groups is 2. The van der Waals surface area contributed by atoms with Gasteiger partial charge in [0.1, 0.15) is 18.1 Å². The number of hydrogen-bond acceptors (Lipinski definition) is 7. The summed E-state index contributed by atoms with van der Waals surface area (Å²) in [6, 6.07) is -3.02. The average molecular weight is 485 g/mol. The fraction of sp³-hybridized carbons (Fsp3) is 0.684. The molecule has 13 N–H and O–H groups in total. The number of aliphatic carboxylic acids is 1. The maximum absolute atomic E-state index is 12.9. The van der Waals surface area contributed by atoms with E-state index in [1.54, 1.807) is 0 Å². The lowest BCUT2D eigenvalue weighted by Crippen LogP contribution is -2.55. The van der Waals surface area contributed by atoms with Gasteiger partial charge in [-0.3, -0.25) is 24.4 Å². The van der Waals surface area contributed by atoms with Crippen LogP contribution in [0.1, 0.15) is 38.5 Å². The standard InChI is InChI=1S/C19H36N10O5/c20-10-14(30)29-9-3-6-13(29)16(32)27-11(4-1-7-25-18(21)22)15(31)28-12(17(33)34)5-2-8-26-19(23)24/h11-13H,1-10,20H2,(H,27,32)(H,28,31)(H,33,34)(H4,21,22,25)(H4,23,24,26). The van der Waals surface area contributed by atoms with E-state index in [1.165, 1.54) is 4.90 Å². The van der Waals surface area contributed by atoms with E-state index in [0.29, 0.717) is 32.2 Å². The molecule has 0 aromatic carbocycles. The van der Waals surface area contributed by atoms with Gasteiger partial charge in [-0.15, -0.1) is 0 Å². The zero-order chi connectivity index (χ0) is 25.7. The minimum atomic E-state index is -1.24. The molecule has 1 fully saturated rings. The number of hydrogen-bond donors (Lipinski definition) is 8. The fourth-order valence-electron chi connectivity index (χ4n) is 3.53. The number of carbonyl (C=O) groups excluding carboxylic acids is 3. The number of carbonyl (C=O) groups is 4. The van der Waals surface area contributed by atoms with Crippen LogP contribution in [-0.2, 0) is 19.2 Å². The first kappa shape index (κ1) is 28.4. The van der Waals surface area contributed by atoms with Gasteiger partial charge in [0.05, 0.1) is 6.54 Å². The number of nitrogens with two attached hydrogens (primary N) is 5. The van der Waals surface area contributed by atoms with Crippen LogP contribution in [0.3, 0.4) is 0 Å². The number of carboxylic acid groups (broad SMARTS) is 1. The summed E-state index contributed by atoms with van der Waals surface area (Å²) in [6.07, 6.45) is 1.94. The normalized spacial score (nSPS) is 16.7. The Morgan fingerprint density at radius 2 is 1.50 bits per heavy atom. The molecular weight excluding hydrogens is 448 g/mol. The molecule has 0 aromatic rings. The molecule has 1 aliphatic heterocycles. The van der Waals surface area contributed by atoms with Crippen molar-refractivity contribution in [1.29, 1.82) is 0 Å². The molecule has 0 radical (unpaired) electrons. The molecule has 0 spiro atoms. The van der Waals surface area contributed by atoms with E-state index in [0.717, 1.165) is 0 Å². The van der Waals surface area contributed by atoms with E-state index in [9.17, 15) is 24.3 Å². The van der Waals surface area contributed by atoms with Gasteiger partial charge in [-0.25, -0.2) is 4.79 Å². The van der Waals surface area contributed by atoms with Crippen molar-refractivity contribution in [3.63, 3.8) is 0 Å². The van der Waals surface area contributed by atoms with Crippen molar-refractivity contribution < 1.29 is 24.3 Å². The predicted molar refractivity (Wildman–Crippen MR) is 125 cm³/mol. The Morgan fingerprint density at radius 3 is 2.00 bits per heavy atom. The van der Waals surface area contributed by atoms with Crippen LogP contribution < -0.4 is 39.3 Å². The molecule has 3 unspecified atom stereocenters. The van der Waals surface area contributed by atoms with E-state index in [1.807, 2.05) is 0 Å². The summed E-state index contributed by atoms with van der Waals surface area (Å²) in [5, 5.41) is 14.6. The van der Waals surface area contributed by atoms with Crippen molar-refractivity contribution in [1.82, 2.24) is 15.5 Å². The summed E-state index contributed by atoms with van der Waals surface area (Å²) in [6.45, 7) is 0.579. The van der Waals surface area contributed by atoms with E-state index >= 15 is 0 Å². The molecule has 3 atom stereocenters. The Hall–Kier alpha value is -3.62. The molecule has 1 aliphatic rings. The number of carboxylic acids is 1. The lowest BCUT2D eigenvalue weighted by molar-refractivity contribution is -0.143. The van der Waals surface area contributed by atoms with Gasteiger partial charge in [0.2, 0.25) is 17.7 Å². The molecule has 1 rings (SSSR count). The smallest absolute Gasteiger partial charge is 0.326 e. The zero-order valence-corrected chi connectivity index (χ0v) is 19.1. The lowest BCUT2D eigenvalue weighted by atomic mass is 10.1. The summed E-state index contributed by atoms with van der Waals surface area (Å²) >= 11 is 0. The maximum atomic E-state index is 12.9. The first-order valence-electron chi connectivity index (χ1n) is 11.0. The van der Waals surface area contributed by atoms with Crippen LogP contribution in [0, 0.1) is 0 Å². The molecule has 0 bridgehead atoms. The number of likely N-dealkylation sites (tertiary alicyclic amines) is 1. The topological polar surface area (TPSA) is 271 Å². The molecule has 34 heavy (non-hydrogen) atoms. The second kappa shape index (κ2) is 14.5. The molecule has 0 aliphatic carbocycles. The first-order valence-corrected chi connectivity index (χ1v) is 11.0. The molecule has 3 amide bonds. The highest BCUT2D eigenvalue weighted by atomic mass is 16.4. The van der Waals surface area contributed by atoms with Crippen molar-refractivity contribution in [2.75, 3.05) is 26.2 Å². The quantitative estimate of drug-likeness (QED) is 0.0673. The van der Waals surface area contributed by atoms with Crippen LogP contribution in [0.4, 0.5) is 0 Å². The van der Waals surface area contributed by atoms with Crippen LogP contribution in [0.5, 0.6) is 0 Å². The third kappa shape index (κ3) is 9.89. The van der Waals surface area contributed by atoms with Gasteiger partial charge in [0.25, 0.3) is 0 Å². The molecule has 0 saturated carbocycles. The highest BCUT2D eigenvalue weighted by Gasteiger charge is 2.35. The maximum Gasteiger partial charge on any atom is 0.326 e. The van der Waals surface area contributed by atoms with Gasteiger partial charge in [-0.1, -0.05) is 0 Å². The summed E-state index contributed by atoms with van der Waals surface area (Å²) in [7, 11) is 0. The van der Waals surface area contributed by atoms with Gasteiger partial charge in [-0.05, 0) is 38.5 Å². The van der Waals surface area contributed by atoms with Crippen LogP contribution in [0.2, 0.25) is 0 Å². The van der Waals surface area contributed by atoms with Gasteiger partial charge < -0.3 is 49.3 Å². The molecular formula is C19H36N10O5. The molecule has 15 nitrogen and oxygen atoms in total. The number of nitrogens with one attached hydrogen (secondary N) is 2.